The maximum Gasteiger partial charge on any atom is 0.177 e. The van der Waals surface area contributed by atoms with Gasteiger partial charge in [-0.2, -0.15) is 5.26 Å². The van der Waals surface area contributed by atoms with Crippen LogP contribution >= 0.6 is 0 Å². The van der Waals surface area contributed by atoms with Crippen LogP contribution < -0.4 is 0 Å². The molecule has 0 saturated carbocycles. The van der Waals surface area contributed by atoms with Crippen molar-refractivity contribution in [2.24, 2.45) is 0 Å². The van der Waals surface area contributed by atoms with Crippen LogP contribution in [0.3, 0.4) is 0 Å². The maximum absolute atomic E-state index is 9.84. The molecule has 3 aromatic rings. The van der Waals surface area contributed by atoms with Crippen LogP contribution in [0, 0.1) is 11.3 Å². The summed E-state index contributed by atoms with van der Waals surface area (Å²) >= 11 is 0. The van der Waals surface area contributed by atoms with E-state index in [2.05, 4.69) is 0 Å². The third kappa shape index (κ3) is 0.842. The molecule has 0 aliphatic heterocycles. The van der Waals surface area contributed by atoms with Gasteiger partial charge in [0.1, 0.15) is 11.6 Å². The molecule has 0 bridgehead atoms. The fourth-order valence-electron chi connectivity index (χ4n) is 1.73. The first-order valence-corrected chi connectivity index (χ1v) is 4.32. The number of nitrogens with zero attached hydrogens (tertiary/aromatic N) is 1. The van der Waals surface area contributed by atoms with Gasteiger partial charge in [0, 0.05) is 5.39 Å². The number of hydrogen-bond acceptors (Lipinski definition) is 4. The molecule has 1 N–H and O–H groups in total. The van der Waals surface area contributed by atoms with Crippen molar-refractivity contribution in [1.82, 2.24) is 0 Å². The number of phenols is 1. The Balaban J connectivity index is 2.72. The Morgan fingerprint density at radius 2 is 1.73 bits per heavy atom. The van der Waals surface area contributed by atoms with Gasteiger partial charge in [0.05, 0.1) is 17.9 Å². The second kappa shape index (κ2) is 2.55. The van der Waals surface area contributed by atoms with Crippen molar-refractivity contribution in [2.75, 3.05) is 0 Å². The van der Waals surface area contributed by atoms with E-state index in [-0.39, 0.29) is 5.75 Å². The normalized spacial score (nSPS) is 10.9. The lowest BCUT2D eigenvalue weighted by molar-refractivity contribution is 0.470. The minimum absolute atomic E-state index is 0.0118. The average molecular weight is 199 g/mol. The molecule has 0 unspecified atom stereocenters. The fourth-order valence-corrected chi connectivity index (χ4v) is 1.73. The minimum Gasteiger partial charge on any atom is -0.504 e. The highest BCUT2D eigenvalue weighted by Gasteiger charge is 2.17. The number of fused-ring (bicyclic) bond motifs is 2. The number of nitriles is 1. The van der Waals surface area contributed by atoms with Crippen molar-refractivity contribution in [2.45, 2.75) is 0 Å². The van der Waals surface area contributed by atoms with Crippen LogP contribution in [0.15, 0.2) is 33.5 Å². The molecule has 0 amide bonds. The number of benzene rings is 1. The van der Waals surface area contributed by atoms with Crippen LogP contribution in [0.25, 0.3) is 21.9 Å². The fraction of sp³-hybridized carbons (Fsp3) is 0. The van der Waals surface area contributed by atoms with Crippen molar-refractivity contribution < 1.29 is 13.9 Å². The quantitative estimate of drug-likeness (QED) is 0.604. The summed E-state index contributed by atoms with van der Waals surface area (Å²) in [6.45, 7) is 0. The van der Waals surface area contributed by atoms with Crippen LogP contribution in [0.1, 0.15) is 5.56 Å². The van der Waals surface area contributed by atoms with Crippen molar-refractivity contribution in [3.63, 3.8) is 0 Å². The third-order valence-corrected chi connectivity index (χ3v) is 2.41. The van der Waals surface area contributed by atoms with Crippen molar-refractivity contribution >= 4 is 21.9 Å². The van der Waals surface area contributed by atoms with Crippen molar-refractivity contribution in [3.8, 4) is 11.8 Å². The molecule has 4 nitrogen and oxygen atoms in total. The molecule has 0 atom stereocenters. The molecule has 0 aliphatic carbocycles. The van der Waals surface area contributed by atoms with E-state index in [0.29, 0.717) is 27.5 Å². The lowest BCUT2D eigenvalue weighted by Crippen LogP contribution is -1.79. The van der Waals surface area contributed by atoms with Gasteiger partial charge in [-0.15, -0.1) is 0 Å². The molecule has 72 valence electrons. The molecule has 2 heterocycles. The largest absolute Gasteiger partial charge is 0.504 e. The Labute approximate surface area is 83.9 Å². The van der Waals surface area contributed by atoms with E-state index < -0.39 is 0 Å². The second-order valence-electron chi connectivity index (χ2n) is 3.16. The van der Waals surface area contributed by atoms with Gasteiger partial charge in [-0.3, -0.25) is 0 Å². The number of rotatable bonds is 0. The Kier molecular flexibility index (Phi) is 1.35. The van der Waals surface area contributed by atoms with Gasteiger partial charge in [-0.25, -0.2) is 0 Å². The molecule has 1 aromatic carbocycles. The lowest BCUT2D eigenvalue weighted by atomic mass is 10.1. The van der Waals surface area contributed by atoms with Gasteiger partial charge in [-0.1, -0.05) is 0 Å². The highest BCUT2D eigenvalue weighted by atomic mass is 16.4. The molecule has 3 rings (SSSR count). The van der Waals surface area contributed by atoms with E-state index in [4.69, 9.17) is 14.1 Å². The Morgan fingerprint density at radius 3 is 2.47 bits per heavy atom. The van der Waals surface area contributed by atoms with Gasteiger partial charge in [-0.05, 0) is 12.1 Å². The van der Waals surface area contributed by atoms with Crippen LogP contribution in [-0.4, -0.2) is 5.11 Å². The van der Waals surface area contributed by atoms with Gasteiger partial charge < -0.3 is 13.9 Å². The van der Waals surface area contributed by atoms with E-state index in [0.717, 1.165) is 0 Å². The molecule has 0 saturated heterocycles. The Bertz CT molecular complexity index is 648. The zero-order chi connectivity index (χ0) is 10.4. The molecule has 15 heavy (non-hydrogen) atoms. The number of aromatic hydroxyl groups is 1. The van der Waals surface area contributed by atoms with E-state index in [9.17, 15) is 5.11 Å². The van der Waals surface area contributed by atoms with Crippen molar-refractivity contribution in [3.05, 3.63) is 30.2 Å². The highest BCUT2D eigenvalue weighted by molar-refractivity contribution is 6.05. The van der Waals surface area contributed by atoms with E-state index in [1.165, 1.54) is 12.5 Å². The summed E-state index contributed by atoms with van der Waals surface area (Å²) in [5.41, 5.74) is 1.10. The van der Waals surface area contributed by atoms with Gasteiger partial charge in [0.2, 0.25) is 0 Å². The first-order chi connectivity index (χ1) is 7.33. The predicted molar refractivity (Wildman–Crippen MR) is 52.4 cm³/mol. The summed E-state index contributed by atoms with van der Waals surface area (Å²) in [6.07, 6.45) is 2.87. The van der Waals surface area contributed by atoms with Gasteiger partial charge in [0.15, 0.2) is 16.9 Å². The van der Waals surface area contributed by atoms with E-state index in [1.54, 1.807) is 12.1 Å². The van der Waals surface area contributed by atoms with Crippen LogP contribution in [0.2, 0.25) is 0 Å². The summed E-state index contributed by atoms with van der Waals surface area (Å²) in [5, 5.41) is 19.9. The molecule has 2 aromatic heterocycles. The number of phenolic OH excluding ortho intramolecular Hbond substituents is 1. The van der Waals surface area contributed by atoms with E-state index >= 15 is 0 Å². The summed E-state index contributed by atoms with van der Waals surface area (Å²) < 4.78 is 10.3. The third-order valence-electron chi connectivity index (χ3n) is 2.41. The maximum atomic E-state index is 9.84. The highest BCUT2D eigenvalue weighted by Crippen LogP contribution is 2.38. The summed E-state index contributed by atoms with van der Waals surface area (Å²) in [7, 11) is 0. The smallest absolute Gasteiger partial charge is 0.177 e. The SMILES string of the molecule is N#Cc1c2ccoc2c(O)c2ccoc12. The zero-order valence-corrected chi connectivity index (χ0v) is 7.52. The van der Waals surface area contributed by atoms with E-state index in [1.807, 2.05) is 6.07 Å². The zero-order valence-electron chi connectivity index (χ0n) is 7.52. The molecule has 0 fully saturated rings. The molecular weight excluding hydrogens is 194 g/mol. The standard InChI is InChI=1S/C11H5NO3/c12-5-8-6-1-3-15-11(6)9(13)7-2-4-14-10(7)8/h1-4,13H. The minimum atomic E-state index is 0.0118. The molecule has 0 radical (unpaired) electrons. The number of hydrogen-bond donors (Lipinski definition) is 1. The number of furan rings is 2. The first-order valence-electron chi connectivity index (χ1n) is 4.32. The average Bonchev–Trinajstić information content (AvgIpc) is 2.85. The van der Waals surface area contributed by atoms with Gasteiger partial charge >= 0.3 is 0 Å². The second-order valence-corrected chi connectivity index (χ2v) is 3.16. The summed E-state index contributed by atoms with van der Waals surface area (Å²) in [5.74, 6) is 0.0118. The van der Waals surface area contributed by atoms with Crippen LogP contribution in [-0.2, 0) is 0 Å². The Morgan fingerprint density at radius 1 is 1.07 bits per heavy atom. The van der Waals surface area contributed by atoms with Crippen molar-refractivity contribution in [1.29, 1.82) is 5.26 Å². The molecule has 4 heteroatoms. The topological polar surface area (TPSA) is 70.3 Å². The van der Waals surface area contributed by atoms with Crippen LogP contribution in [0.4, 0.5) is 0 Å². The molecule has 0 spiro atoms. The monoisotopic (exact) mass is 199 g/mol. The lowest BCUT2D eigenvalue weighted by Gasteiger charge is -1.98. The summed E-state index contributed by atoms with van der Waals surface area (Å²) in [4.78, 5) is 0. The molecule has 0 aliphatic rings. The molecular formula is C11H5NO3. The van der Waals surface area contributed by atoms with Crippen LogP contribution in [0.5, 0.6) is 5.75 Å². The first kappa shape index (κ1) is 7.94. The van der Waals surface area contributed by atoms with Gasteiger partial charge in [0.25, 0.3) is 0 Å². The predicted octanol–water partition coefficient (Wildman–Crippen LogP) is 2.76. The summed E-state index contributed by atoms with van der Waals surface area (Å²) in [6, 6.07) is 5.29. The Hall–Kier alpha value is -2.41.